The summed E-state index contributed by atoms with van der Waals surface area (Å²) in [6, 6.07) is 0. The van der Waals surface area contributed by atoms with Crippen LogP contribution >= 0.6 is 0 Å². The number of ether oxygens (including phenoxy) is 3. The van der Waals surface area contributed by atoms with Crippen molar-refractivity contribution in [3.63, 3.8) is 0 Å². The highest BCUT2D eigenvalue weighted by atomic mass is 16.5. The molecule has 0 radical (unpaired) electrons. The van der Waals surface area contributed by atoms with Crippen molar-refractivity contribution in [3.8, 4) is 0 Å². The predicted octanol–water partition coefficient (Wildman–Crippen LogP) is 2.87. The summed E-state index contributed by atoms with van der Waals surface area (Å²) in [6.07, 6.45) is 6.97. The first-order chi connectivity index (χ1) is 10.7. The van der Waals surface area contributed by atoms with Gasteiger partial charge >= 0.3 is 5.97 Å². The van der Waals surface area contributed by atoms with Gasteiger partial charge in [0.25, 0.3) is 0 Å². The highest BCUT2D eigenvalue weighted by Gasteiger charge is 2.48. The van der Waals surface area contributed by atoms with Gasteiger partial charge in [0.05, 0.1) is 18.8 Å². The van der Waals surface area contributed by atoms with Crippen LogP contribution in [0.3, 0.4) is 0 Å². The van der Waals surface area contributed by atoms with Crippen LogP contribution in [-0.2, 0) is 19.0 Å². The Hall–Kier alpha value is -0.650. The Kier molecular flexibility index (Phi) is 7.63. The Morgan fingerprint density at radius 1 is 1.09 bits per heavy atom. The molecule has 2 saturated heterocycles. The summed E-state index contributed by atoms with van der Waals surface area (Å²) < 4.78 is 17.5. The molecule has 0 aromatic rings. The average Bonchev–Trinajstić information content (AvgIpc) is 3.08. The number of fused-ring (bicyclic) bond motifs is 2. The van der Waals surface area contributed by atoms with Gasteiger partial charge in [0.2, 0.25) is 0 Å². The summed E-state index contributed by atoms with van der Waals surface area (Å²) in [5.74, 6) is 0.326. The predicted molar refractivity (Wildman–Crippen MR) is 82.9 cm³/mol. The molecule has 0 aromatic heterocycles. The lowest BCUT2D eigenvalue weighted by Crippen LogP contribution is -2.31. The minimum Gasteiger partial charge on any atom is -0.481 e. The van der Waals surface area contributed by atoms with Crippen molar-refractivity contribution in [2.24, 2.45) is 11.8 Å². The molecule has 0 aromatic carbocycles. The number of carboxylic acid groups (broad SMARTS) is 1. The summed E-state index contributed by atoms with van der Waals surface area (Å²) in [7, 11) is 0. The molecule has 5 heteroatoms. The van der Waals surface area contributed by atoms with E-state index < -0.39 is 5.97 Å². The summed E-state index contributed by atoms with van der Waals surface area (Å²) in [4.78, 5) is 10.4. The summed E-state index contributed by atoms with van der Waals surface area (Å²) in [5.41, 5.74) is 0. The Balaban J connectivity index is 1.63. The van der Waals surface area contributed by atoms with E-state index >= 15 is 0 Å². The van der Waals surface area contributed by atoms with E-state index in [0.29, 0.717) is 37.1 Å². The molecule has 2 fully saturated rings. The summed E-state index contributed by atoms with van der Waals surface area (Å²) >= 11 is 0. The molecule has 0 amide bonds. The maximum absolute atomic E-state index is 10.4. The van der Waals surface area contributed by atoms with Crippen LogP contribution in [0.1, 0.15) is 51.9 Å². The van der Waals surface area contributed by atoms with Crippen LogP contribution in [0.15, 0.2) is 0 Å². The zero-order valence-corrected chi connectivity index (χ0v) is 13.7. The van der Waals surface area contributed by atoms with E-state index in [1.54, 1.807) is 0 Å². The number of aliphatic carboxylic acids is 1. The van der Waals surface area contributed by atoms with Crippen molar-refractivity contribution >= 4 is 5.97 Å². The molecule has 22 heavy (non-hydrogen) atoms. The van der Waals surface area contributed by atoms with Crippen LogP contribution in [0.5, 0.6) is 0 Å². The number of hydrogen-bond acceptors (Lipinski definition) is 4. The molecule has 5 nitrogen and oxygen atoms in total. The minimum absolute atomic E-state index is 0.234. The van der Waals surface area contributed by atoms with Crippen LogP contribution in [-0.4, -0.2) is 49.7 Å². The second-order valence-corrected chi connectivity index (χ2v) is 6.44. The SMILES string of the molecule is CCCOCC[C@@H]1[C@H](COCCCCC(=O)O)[C@@H]2CC[C@H]1O2. The second-order valence-electron chi connectivity index (χ2n) is 6.44. The fourth-order valence-corrected chi connectivity index (χ4v) is 3.67. The van der Waals surface area contributed by atoms with E-state index in [0.717, 1.165) is 45.5 Å². The lowest BCUT2D eigenvalue weighted by atomic mass is 9.78. The van der Waals surface area contributed by atoms with Gasteiger partial charge in [0.1, 0.15) is 0 Å². The van der Waals surface area contributed by atoms with E-state index in [-0.39, 0.29) is 6.42 Å². The molecule has 2 rings (SSSR count). The van der Waals surface area contributed by atoms with E-state index in [2.05, 4.69) is 6.92 Å². The number of rotatable bonds is 12. The summed E-state index contributed by atoms with van der Waals surface area (Å²) in [5, 5.41) is 8.60. The first-order valence-corrected chi connectivity index (χ1v) is 8.75. The molecule has 128 valence electrons. The molecule has 0 spiro atoms. The molecule has 2 aliphatic rings. The third-order valence-corrected chi connectivity index (χ3v) is 4.77. The molecule has 0 saturated carbocycles. The van der Waals surface area contributed by atoms with Gasteiger partial charge in [-0.15, -0.1) is 0 Å². The van der Waals surface area contributed by atoms with E-state index in [9.17, 15) is 4.79 Å². The molecule has 2 aliphatic heterocycles. The van der Waals surface area contributed by atoms with Gasteiger partial charge in [0, 0.05) is 32.2 Å². The second kappa shape index (κ2) is 9.48. The average molecular weight is 314 g/mol. The van der Waals surface area contributed by atoms with Crippen molar-refractivity contribution in [1.82, 2.24) is 0 Å². The zero-order valence-electron chi connectivity index (χ0n) is 13.7. The van der Waals surface area contributed by atoms with Gasteiger partial charge in [-0.05, 0) is 44.4 Å². The smallest absolute Gasteiger partial charge is 0.303 e. The summed E-state index contributed by atoms with van der Waals surface area (Å²) in [6.45, 7) is 5.18. The van der Waals surface area contributed by atoms with Crippen molar-refractivity contribution in [2.45, 2.75) is 64.1 Å². The Morgan fingerprint density at radius 3 is 2.59 bits per heavy atom. The largest absolute Gasteiger partial charge is 0.481 e. The van der Waals surface area contributed by atoms with Gasteiger partial charge in [0.15, 0.2) is 0 Å². The molecular formula is C17H30O5. The molecule has 2 bridgehead atoms. The van der Waals surface area contributed by atoms with Crippen molar-refractivity contribution < 1.29 is 24.1 Å². The molecule has 1 N–H and O–H groups in total. The first kappa shape index (κ1) is 17.7. The van der Waals surface area contributed by atoms with Gasteiger partial charge in [-0.1, -0.05) is 6.92 Å². The quantitative estimate of drug-likeness (QED) is 0.561. The van der Waals surface area contributed by atoms with Gasteiger partial charge in [-0.25, -0.2) is 0 Å². The van der Waals surface area contributed by atoms with Gasteiger partial charge in [-0.3, -0.25) is 4.79 Å². The maximum Gasteiger partial charge on any atom is 0.303 e. The minimum atomic E-state index is -0.728. The van der Waals surface area contributed by atoms with Gasteiger partial charge < -0.3 is 19.3 Å². The fourth-order valence-electron chi connectivity index (χ4n) is 3.67. The zero-order chi connectivity index (χ0) is 15.8. The van der Waals surface area contributed by atoms with Crippen molar-refractivity contribution in [3.05, 3.63) is 0 Å². The topological polar surface area (TPSA) is 65.0 Å². The molecule has 0 aliphatic carbocycles. The number of carbonyl (C=O) groups is 1. The van der Waals surface area contributed by atoms with Gasteiger partial charge in [-0.2, -0.15) is 0 Å². The molecule has 2 heterocycles. The van der Waals surface area contributed by atoms with Crippen LogP contribution in [0.4, 0.5) is 0 Å². The molecule has 0 unspecified atom stereocenters. The normalized spacial score (nSPS) is 30.0. The number of carboxylic acids is 1. The molecular weight excluding hydrogens is 284 g/mol. The third kappa shape index (κ3) is 5.21. The highest BCUT2D eigenvalue weighted by Crippen LogP contribution is 2.45. The maximum atomic E-state index is 10.4. The van der Waals surface area contributed by atoms with Crippen molar-refractivity contribution in [1.29, 1.82) is 0 Å². The van der Waals surface area contributed by atoms with E-state index in [1.165, 1.54) is 6.42 Å². The first-order valence-electron chi connectivity index (χ1n) is 8.75. The van der Waals surface area contributed by atoms with E-state index in [4.69, 9.17) is 19.3 Å². The van der Waals surface area contributed by atoms with Crippen molar-refractivity contribution in [2.75, 3.05) is 26.4 Å². The van der Waals surface area contributed by atoms with Crippen LogP contribution in [0.2, 0.25) is 0 Å². The lowest BCUT2D eigenvalue weighted by Gasteiger charge is -2.27. The Bertz CT molecular complexity index is 333. The van der Waals surface area contributed by atoms with Crippen LogP contribution in [0.25, 0.3) is 0 Å². The third-order valence-electron chi connectivity index (χ3n) is 4.77. The molecule has 4 atom stereocenters. The monoisotopic (exact) mass is 314 g/mol. The van der Waals surface area contributed by atoms with Crippen LogP contribution < -0.4 is 0 Å². The van der Waals surface area contributed by atoms with Crippen LogP contribution in [0, 0.1) is 11.8 Å². The number of hydrogen-bond donors (Lipinski definition) is 1. The standard InChI is InChI=1S/C17H30O5/c1-2-9-20-11-8-13-14(16-7-6-15(13)22-16)12-21-10-4-3-5-17(18)19/h13-16H,2-12H2,1H3,(H,18,19)/t13-,14+,15-,16+/m1/s1. The number of unbranched alkanes of at least 4 members (excludes halogenated alkanes) is 1. The Morgan fingerprint density at radius 2 is 1.86 bits per heavy atom. The fraction of sp³-hybridized carbons (Fsp3) is 0.941. The lowest BCUT2D eigenvalue weighted by molar-refractivity contribution is -0.137. The Labute approximate surface area is 133 Å². The highest BCUT2D eigenvalue weighted by molar-refractivity contribution is 5.66. The van der Waals surface area contributed by atoms with E-state index in [1.807, 2.05) is 0 Å².